The minimum Gasteiger partial charge on any atom is -0.492 e. The number of nitrogens with one attached hydrogen (secondary N) is 2. The molecule has 160 valence electrons. The van der Waals surface area contributed by atoms with E-state index < -0.39 is 0 Å². The summed E-state index contributed by atoms with van der Waals surface area (Å²) in [6.07, 6.45) is 1.05. The standard InChI is InChI=1S/C23H30N4O2S/c1-3-29-22-8-5-4-7-21(22)25-23(30)27-14-6-13-26(15-16-27)17-19-9-11-20(12-10-19)24-18(2)28/h4-5,7-12H,3,6,13-17H2,1-2H3,(H,24,28)(H,25,30). The largest absolute Gasteiger partial charge is 0.492 e. The summed E-state index contributed by atoms with van der Waals surface area (Å²) < 4.78 is 5.69. The first kappa shape index (κ1) is 22.1. The van der Waals surface area contributed by atoms with E-state index in [1.807, 2.05) is 43.3 Å². The Bertz CT molecular complexity index is 857. The molecule has 0 saturated carbocycles. The molecule has 0 atom stereocenters. The second-order valence-electron chi connectivity index (χ2n) is 7.35. The Balaban J connectivity index is 1.53. The van der Waals surface area contributed by atoms with Crippen LogP contribution in [-0.2, 0) is 11.3 Å². The van der Waals surface area contributed by atoms with Gasteiger partial charge in [0.05, 0.1) is 12.3 Å². The molecule has 0 unspecified atom stereocenters. The second kappa shape index (κ2) is 10.9. The van der Waals surface area contributed by atoms with Crippen LogP contribution in [0.3, 0.4) is 0 Å². The molecule has 1 aliphatic heterocycles. The molecule has 0 radical (unpaired) electrons. The lowest BCUT2D eigenvalue weighted by molar-refractivity contribution is -0.114. The third kappa shape index (κ3) is 6.43. The van der Waals surface area contributed by atoms with Crippen molar-refractivity contribution < 1.29 is 9.53 Å². The zero-order valence-electron chi connectivity index (χ0n) is 17.7. The monoisotopic (exact) mass is 426 g/mol. The molecule has 6 nitrogen and oxygen atoms in total. The van der Waals surface area contributed by atoms with Gasteiger partial charge in [-0.1, -0.05) is 24.3 Å². The van der Waals surface area contributed by atoms with Crippen molar-refractivity contribution in [1.29, 1.82) is 0 Å². The van der Waals surface area contributed by atoms with Gasteiger partial charge in [0.2, 0.25) is 5.91 Å². The number of rotatable bonds is 6. The first-order valence-electron chi connectivity index (χ1n) is 10.4. The fraction of sp³-hybridized carbons (Fsp3) is 0.391. The van der Waals surface area contributed by atoms with Crippen molar-refractivity contribution in [3.63, 3.8) is 0 Å². The molecule has 0 bridgehead atoms. The van der Waals surface area contributed by atoms with Gasteiger partial charge in [0.25, 0.3) is 0 Å². The predicted octanol–water partition coefficient (Wildman–Crippen LogP) is 3.95. The summed E-state index contributed by atoms with van der Waals surface area (Å²) in [5.41, 5.74) is 2.98. The minimum absolute atomic E-state index is 0.0520. The van der Waals surface area contributed by atoms with Gasteiger partial charge in [0.1, 0.15) is 5.75 Å². The lowest BCUT2D eigenvalue weighted by atomic mass is 10.2. The van der Waals surface area contributed by atoms with Gasteiger partial charge in [-0.05, 0) is 55.4 Å². The smallest absolute Gasteiger partial charge is 0.221 e. The van der Waals surface area contributed by atoms with Gasteiger partial charge >= 0.3 is 0 Å². The molecule has 1 aliphatic rings. The number of benzene rings is 2. The van der Waals surface area contributed by atoms with Crippen molar-refractivity contribution >= 4 is 34.6 Å². The van der Waals surface area contributed by atoms with E-state index in [9.17, 15) is 4.79 Å². The number of amides is 1. The van der Waals surface area contributed by atoms with E-state index in [4.69, 9.17) is 17.0 Å². The molecule has 0 spiro atoms. The quantitative estimate of drug-likeness (QED) is 0.682. The van der Waals surface area contributed by atoms with Gasteiger partial charge in [0, 0.05) is 45.3 Å². The third-order valence-electron chi connectivity index (χ3n) is 4.98. The molecule has 30 heavy (non-hydrogen) atoms. The first-order valence-corrected chi connectivity index (χ1v) is 10.8. The van der Waals surface area contributed by atoms with Crippen LogP contribution >= 0.6 is 12.2 Å². The van der Waals surface area contributed by atoms with E-state index in [1.54, 1.807) is 0 Å². The number of para-hydroxylation sites is 2. The maximum absolute atomic E-state index is 11.2. The van der Waals surface area contributed by atoms with E-state index >= 15 is 0 Å². The highest BCUT2D eigenvalue weighted by atomic mass is 32.1. The Hall–Kier alpha value is -2.64. The summed E-state index contributed by atoms with van der Waals surface area (Å²) in [5.74, 6) is 0.769. The molecule has 0 aromatic heterocycles. The van der Waals surface area contributed by atoms with Crippen molar-refractivity contribution in [2.24, 2.45) is 0 Å². The highest BCUT2D eigenvalue weighted by Crippen LogP contribution is 2.24. The molecule has 2 aromatic rings. The topological polar surface area (TPSA) is 56.8 Å². The lowest BCUT2D eigenvalue weighted by Crippen LogP contribution is -2.37. The second-order valence-corrected chi connectivity index (χ2v) is 7.74. The number of hydrogen-bond donors (Lipinski definition) is 2. The Labute approximate surface area is 184 Å². The summed E-state index contributed by atoms with van der Waals surface area (Å²) in [6.45, 7) is 8.80. The summed E-state index contributed by atoms with van der Waals surface area (Å²) in [5, 5.41) is 6.90. The van der Waals surface area contributed by atoms with E-state index in [2.05, 4.69) is 32.6 Å². The number of carbonyl (C=O) groups is 1. The van der Waals surface area contributed by atoms with Crippen molar-refractivity contribution in [3.8, 4) is 5.75 Å². The van der Waals surface area contributed by atoms with E-state index in [0.29, 0.717) is 6.61 Å². The van der Waals surface area contributed by atoms with Gasteiger partial charge in [0.15, 0.2) is 5.11 Å². The summed E-state index contributed by atoms with van der Waals surface area (Å²) in [4.78, 5) is 15.8. The van der Waals surface area contributed by atoms with Gasteiger partial charge in [-0.3, -0.25) is 9.69 Å². The van der Waals surface area contributed by atoms with Crippen LogP contribution in [-0.4, -0.2) is 53.6 Å². The van der Waals surface area contributed by atoms with Crippen molar-refractivity contribution in [3.05, 3.63) is 54.1 Å². The Morgan fingerprint density at radius 2 is 1.80 bits per heavy atom. The van der Waals surface area contributed by atoms with Gasteiger partial charge in [-0.15, -0.1) is 0 Å². The molecule has 3 rings (SSSR count). The van der Waals surface area contributed by atoms with E-state index in [0.717, 1.165) is 61.4 Å². The van der Waals surface area contributed by atoms with Crippen molar-refractivity contribution in [2.75, 3.05) is 43.4 Å². The fourth-order valence-corrected chi connectivity index (χ4v) is 3.83. The molecule has 7 heteroatoms. The van der Waals surface area contributed by atoms with Crippen LogP contribution < -0.4 is 15.4 Å². The molecule has 2 aromatic carbocycles. The highest BCUT2D eigenvalue weighted by molar-refractivity contribution is 7.80. The maximum Gasteiger partial charge on any atom is 0.221 e. The van der Waals surface area contributed by atoms with E-state index in [-0.39, 0.29) is 5.91 Å². The van der Waals surface area contributed by atoms with Crippen LogP contribution in [0.25, 0.3) is 0 Å². The normalized spacial score (nSPS) is 14.7. The fourth-order valence-electron chi connectivity index (χ4n) is 3.53. The number of anilines is 2. The Morgan fingerprint density at radius 3 is 2.53 bits per heavy atom. The zero-order valence-corrected chi connectivity index (χ0v) is 18.5. The summed E-state index contributed by atoms with van der Waals surface area (Å²) in [7, 11) is 0. The highest BCUT2D eigenvalue weighted by Gasteiger charge is 2.18. The van der Waals surface area contributed by atoms with Crippen molar-refractivity contribution in [1.82, 2.24) is 9.80 Å². The summed E-state index contributed by atoms with van der Waals surface area (Å²) in [6, 6.07) is 15.9. The average molecular weight is 427 g/mol. The molecule has 1 amide bonds. The molecule has 2 N–H and O–H groups in total. The van der Waals surface area contributed by atoms with Gasteiger partial charge < -0.3 is 20.3 Å². The minimum atomic E-state index is -0.0520. The van der Waals surface area contributed by atoms with Crippen molar-refractivity contribution in [2.45, 2.75) is 26.8 Å². The van der Waals surface area contributed by atoms with Gasteiger partial charge in [-0.2, -0.15) is 0 Å². The zero-order chi connectivity index (χ0) is 21.3. The SMILES string of the molecule is CCOc1ccccc1NC(=S)N1CCCN(Cc2ccc(NC(C)=O)cc2)CC1. The maximum atomic E-state index is 11.2. The van der Waals surface area contributed by atoms with Crippen LogP contribution in [0.15, 0.2) is 48.5 Å². The first-order chi connectivity index (χ1) is 14.5. The van der Waals surface area contributed by atoms with Crippen LogP contribution in [0, 0.1) is 0 Å². The summed E-state index contributed by atoms with van der Waals surface area (Å²) >= 11 is 5.68. The number of nitrogens with zero attached hydrogens (tertiary/aromatic N) is 2. The van der Waals surface area contributed by atoms with E-state index in [1.165, 1.54) is 12.5 Å². The Kier molecular flexibility index (Phi) is 8.04. The molecule has 0 aliphatic carbocycles. The molecule has 1 fully saturated rings. The van der Waals surface area contributed by atoms with Crippen LogP contribution in [0.5, 0.6) is 5.75 Å². The van der Waals surface area contributed by atoms with Crippen LogP contribution in [0.1, 0.15) is 25.8 Å². The molecular formula is C23H30N4O2S. The average Bonchev–Trinajstić information content (AvgIpc) is 2.96. The lowest BCUT2D eigenvalue weighted by Gasteiger charge is -2.25. The molecule has 1 saturated heterocycles. The van der Waals surface area contributed by atoms with Crippen LogP contribution in [0.2, 0.25) is 0 Å². The predicted molar refractivity (Wildman–Crippen MR) is 126 cm³/mol. The Morgan fingerprint density at radius 1 is 1.03 bits per heavy atom. The number of hydrogen-bond acceptors (Lipinski definition) is 4. The number of ether oxygens (including phenoxy) is 1. The number of carbonyl (C=O) groups excluding carboxylic acids is 1. The van der Waals surface area contributed by atoms with Crippen LogP contribution in [0.4, 0.5) is 11.4 Å². The molecular weight excluding hydrogens is 396 g/mol. The molecule has 1 heterocycles. The third-order valence-corrected chi connectivity index (χ3v) is 5.34. The number of thiocarbonyl (C=S) groups is 1. The van der Waals surface area contributed by atoms with Gasteiger partial charge in [-0.25, -0.2) is 0 Å².